The van der Waals surface area contributed by atoms with Crippen LogP contribution < -0.4 is 0 Å². The van der Waals surface area contributed by atoms with Crippen molar-refractivity contribution >= 4 is 17.5 Å². The molecule has 0 aliphatic rings. The monoisotopic (exact) mass is 221 g/mol. The van der Waals surface area contributed by atoms with Gasteiger partial charge in [-0.2, -0.15) is 0 Å². The van der Waals surface area contributed by atoms with Gasteiger partial charge in [0.25, 0.3) is 5.69 Å². The highest BCUT2D eigenvalue weighted by Crippen LogP contribution is 2.20. The van der Waals surface area contributed by atoms with Crippen molar-refractivity contribution in [2.45, 2.75) is 6.42 Å². The Hall–Kier alpha value is -2.01. The summed E-state index contributed by atoms with van der Waals surface area (Å²) in [6.45, 7) is -0.0728. The van der Waals surface area contributed by atoms with Crippen LogP contribution in [-0.4, -0.2) is 22.9 Å². The summed E-state index contributed by atoms with van der Waals surface area (Å²) in [6, 6.07) is 5.85. The zero-order chi connectivity index (χ0) is 12.0. The molecule has 0 radical (unpaired) electrons. The van der Waals surface area contributed by atoms with Crippen molar-refractivity contribution in [3.63, 3.8) is 0 Å². The Morgan fingerprint density at radius 3 is 2.44 bits per heavy atom. The molecule has 0 amide bonds. The number of aliphatic hydroxyl groups is 1. The van der Waals surface area contributed by atoms with Crippen molar-refractivity contribution in [2.75, 3.05) is 6.61 Å². The molecule has 0 unspecified atom stereocenters. The van der Waals surface area contributed by atoms with E-state index in [4.69, 9.17) is 5.11 Å². The minimum absolute atomic E-state index is 0.00167. The molecule has 0 bridgehead atoms. The minimum atomic E-state index is -0.487. The number of carbonyl (C=O) groups is 1. The Kier molecular flexibility index (Phi) is 4.35. The Balaban J connectivity index is 2.98. The van der Waals surface area contributed by atoms with E-state index in [0.29, 0.717) is 23.8 Å². The van der Waals surface area contributed by atoms with Gasteiger partial charge in [-0.1, -0.05) is 0 Å². The molecule has 0 atom stereocenters. The summed E-state index contributed by atoms with van der Waals surface area (Å²) >= 11 is 0. The van der Waals surface area contributed by atoms with Crippen molar-refractivity contribution < 1.29 is 14.8 Å². The van der Waals surface area contributed by atoms with Crippen LogP contribution in [0.15, 0.2) is 30.3 Å². The molecular formula is C11H11NO4. The molecule has 0 aromatic heterocycles. The maximum Gasteiger partial charge on any atom is 0.269 e. The van der Waals surface area contributed by atoms with Gasteiger partial charge in [0.1, 0.15) is 6.29 Å². The van der Waals surface area contributed by atoms with Crippen LogP contribution in [0.2, 0.25) is 0 Å². The van der Waals surface area contributed by atoms with Crippen LogP contribution in [0.5, 0.6) is 0 Å². The molecule has 0 saturated heterocycles. The average molecular weight is 221 g/mol. The number of benzene rings is 1. The molecule has 1 rings (SSSR count). The molecular weight excluding hydrogens is 210 g/mol. The lowest BCUT2D eigenvalue weighted by atomic mass is 10.0. The van der Waals surface area contributed by atoms with E-state index in [2.05, 4.69) is 0 Å². The summed E-state index contributed by atoms with van der Waals surface area (Å²) in [5.74, 6) is 0. The first-order valence-electron chi connectivity index (χ1n) is 4.69. The standard InChI is InChI=1S/C11H11NO4/c13-7-5-10(6-8-14)9-1-3-11(4-2-9)12(15)16/h1-5,7,14H,6,8H2/b10-5-. The predicted octanol–water partition coefficient (Wildman–Crippen LogP) is 1.56. The third kappa shape index (κ3) is 2.99. The molecule has 0 saturated carbocycles. The van der Waals surface area contributed by atoms with Crippen molar-refractivity contribution in [3.05, 3.63) is 46.0 Å². The summed E-state index contributed by atoms with van der Waals surface area (Å²) in [6.07, 6.45) is 2.32. The highest BCUT2D eigenvalue weighted by molar-refractivity contribution is 5.81. The Morgan fingerprint density at radius 1 is 1.38 bits per heavy atom. The van der Waals surface area contributed by atoms with Gasteiger partial charge >= 0.3 is 0 Å². The van der Waals surface area contributed by atoms with Gasteiger partial charge in [-0.05, 0) is 35.8 Å². The lowest BCUT2D eigenvalue weighted by Crippen LogP contribution is -1.92. The van der Waals surface area contributed by atoms with Gasteiger partial charge in [0, 0.05) is 18.7 Å². The SMILES string of the molecule is O=C/C=C(/CCO)c1ccc([N+](=O)[O-])cc1. The highest BCUT2D eigenvalue weighted by atomic mass is 16.6. The van der Waals surface area contributed by atoms with E-state index in [-0.39, 0.29) is 12.3 Å². The number of nitrogens with zero attached hydrogens (tertiary/aromatic N) is 1. The lowest BCUT2D eigenvalue weighted by molar-refractivity contribution is -0.384. The van der Waals surface area contributed by atoms with Crippen molar-refractivity contribution in [3.8, 4) is 0 Å². The molecule has 5 nitrogen and oxygen atoms in total. The summed E-state index contributed by atoms with van der Waals surface area (Å²) in [5.41, 5.74) is 1.36. The Labute approximate surface area is 92.2 Å². The fourth-order valence-electron chi connectivity index (χ4n) is 1.32. The molecule has 0 aliphatic carbocycles. The number of carbonyl (C=O) groups excluding carboxylic acids is 1. The number of aliphatic hydroxyl groups excluding tert-OH is 1. The zero-order valence-electron chi connectivity index (χ0n) is 8.50. The summed E-state index contributed by atoms with van der Waals surface area (Å²) in [4.78, 5) is 20.3. The number of allylic oxidation sites excluding steroid dienone is 1. The molecule has 84 valence electrons. The van der Waals surface area contributed by atoms with Crippen molar-refractivity contribution in [1.29, 1.82) is 0 Å². The van der Waals surface area contributed by atoms with Crippen LogP contribution in [0.1, 0.15) is 12.0 Å². The maximum absolute atomic E-state index is 10.4. The van der Waals surface area contributed by atoms with Crippen molar-refractivity contribution in [2.24, 2.45) is 0 Å². The topological polar surface area (TPSA) is 80.4 Å². The number of rotatable bonds is 5. The fraction of sp³-hybridized carbons (Fsp3) is 0.182. The summed E-state index contributed by atoms with van der Waals surface area (Å²) in [5, 5.41) is 19.2. The van der Waals surface area contributed by atoms with Crippen LogP contribution >= 0.6 is 0 Å². The van der Waals surface area contributed by atoms with Crippen molar-refractivity contribution in [1.82, 2.24) is 0 Å². The van der Waals surface area contributed by atoms with E-state index in [0.717, 1.165) is 0 Å². The molecule has 0 heterocycles. The molecule has 1 aromatic carbocycles. The normalized spacial score (nSPS) is 11.2. The minimum Gasteiger partial charge on any atom is -0.396 e. The van der Waals surface area contributed by atoms with E-state index in [1.807, 2.05) is 0 Å². The Morgan fingerprint density at radius 2 is 2.00 bits per heavy atom. The largest absolute Gasteiger partial charge is 0.396 e. The van der Waals surface area contributed by atoms with Crippen LogP contribution in [0.4, 0.5) is 5.69 Å². The van der Waals surface area contributed by atoms with Gasteiger partial charge in [0.2, 0.25) is 0 Å². The Bertz CT molecular complexity index is 408. The average Bonchev–Trinajstić information content (AvgIpc) is 2.29. The third-order valence-electron chi connectivity index (χ3n) is 2.10. The molecule has 0 spiro atoms. The van der Waals surface area contributed by atoms with E-state index in [1.165, 1.54) is 18.2 Å². The quantitative estimate of drug-likeness (QED) is 0.354. The summed E-state index contributed by atoms with van der Waals surface area (Å²) in [7, 11) is 0. The molecule has 5 heteroatoms. The fourth-order valence-corrected chi connectivity index (χ4v) is 1.32. The number of aldehydes is 1. The van der Waals surface area contributed by atoms with E-state index in [1.54, 1.807) is 12.1 Å². The van der Waals surface area contributed by atoms with Crippen LogP contribution in [-0.2, 0) is 4.79 Å². The first-order chi connectivity index (χ1) is 7.69. The molecule has 0 fully saturated rings. The van der Waals surface area contributed by atoms with Crippen LogP contribution in [0.3, 0.4) is 0 Å². The molecule has 16 heavy (non-hydrogen) atoms. The predicted molar refractivity (Wildman–Crippen MR) is 58.8 cm³/mol. The second-order valence-electron chi connectivity index (χ2n) is 3.11. The van der Waals surface area contributed by atoms with E-state index < -0.39 is 4.92 Å². The third-order valence-corrected chi connectivity index (χ3v) is 2.10. The molecule has 0 aliphatic heterocycles. The highest BCUT2D eigenvalue weighted by Gasteiger charge is 2.06. The molecule has 1 aromatic rings. The molecule has 1 N–H and O–H groups in total. The van der Waals surface area contributed by atoms with Gasteiger partial charge in [-0.25, -0.2) is 0 Å². The van der Waals surface area contributed by atoms with Gasteiger partial charge in [0.05, 0.1) is 4.92 Å². The first kappa shape index (κ1) is 12.1. The van der Waals surface area contributed by atoms with Gasteiger partial charge < -0.3 is 5.11 Å². The number of hydrogen-bond donors (Lipinski definition) is 1. The van der Waals surface area contributed by atoms with Gasteiger partial charge in [-0.15, -0.1) is 0 Å². The number of hydrogen-bond acceptors (Lipinski definition) is 4. The zero-order valence-corrected chi connectivity index (χ0v) is 8.50. The van der Waals surface area contributed by atoms with Crippen LogP contribution in [0, 0.1) is 10.1 Å². The second-order valence-corrected chi connectivity index (χ2v) is 3.11. The van der Waals surface area contributed by atoms with E-state index >= 15 is 0 Å². The number of nitro groups is 1. The first-order valence-corrected chi connectivity index (χ1v) is 4.69. The number of non-ortho nitro benzene ring substituents is 1. The van der Waals surface area contributed by atoms with Gasteiger partial charge in [0.15, 0.2) is 0 Å². The van der Waals surface area contributed by atoms with Gasteiger partial charge in [-0.3, -0.25) is 14.9 Å². The smallest absolute Gasteiger partial charge is 0.269 e. The van der Waals surface area contributed by atoms with Crippen LogP contribution in [0.25, 0.3) is 5.57 Å². The second kappa shape index (κ2) is 5.77. The van der Waals surface area contributed by atoms with E-state index in [9.17, 15) is 14.9 Å². The number of nitro benzene ring substituents is 1. The lowest BCUT2D eigenvalue weighted by Gasteiger charge is -2.04. The summed E-state index contributed by atoms with van der Waals surface area (Å²) < 4.78 is 0. The maximum atomic E-state index is 10.4.